The van der Waals surface area contributed by atoms with Crippen molar-refractivity contribution in [2.45, 2.75) is 37.2 Å². The van der Waals surface area contributed by atoms with Gasteiger partial charge in [-0.25, -0.2) is 28.6 Å². The van der Waals surface area contributed by atoms with Crippen molar-refractivity contribution in [3.05, 3.63) is 12.7 Å². The van der Waals surface area contributed by atoms with Crippen molar-refractivity contribution in [3.63, 3.8) is 0 Å². The van der Waals surface area contributed by atoms with Gasteiger partial charge in [0.15, 0.2) is 11.5 Å². The summed E-state index contributed by atoms with van der Waals surface area (Å²) in [7, 11) is -13.6. The number of aromatic nitrogens is 4. The Balaban J connectivity index is 1.75. The summed E-state index contributed by atoms with van der Waals surface area (Å²) in [6.45, 7) is 1.12. The van der Waals surface area contributed by atoms with Crippen LogP contribution < -0.4 is 5.73 Å². The molecule has 3 rings (SSSR count). The van der Waals surface area contributed by atoms with E-state index >= 15 is 0 Å². The number of nitrogen functional groups attached to an aromatic ring is 1. The normalized spacial score (nSPS) is 25.4. The highest BCUT2D eigenvalue weighted by Crippen LogP contribution is 2.66. The molecule has 3 heterocycles. The molecule has 0 saturated carbocycles. The van der Waals surface area contributed by atoms with Crippen LogP contribution in [0, 0.1) is 0 Å². The Morgan fingerprint density at radius 2 is 1.91 bits per heavy atom. The molecule has 0 amide bonds. The van der Waals surface area contributed by atoms with Gasteiger partial charge in [0.25, 0.3) is 0 Å². The van der Waals surface area contributed by atoms with Crippen LogP contribution in [0.5, 0.6) is 0 Å². The van der Waals surface area contributed by atoms with E-state index in [0.717, 1.165) is 0 Å². The van der Waals surface area contributed by atoms with E-state index < -0.39 is 48.5 Å². The molecule has 0 spiro atoms. The lowest BCUT2D eigenvalue weighted by atomic mass is 10.2. The van der Waals surface area contributed by atoms with Gasteiger partial charge in [-0.15, -0.1) is 0 Å². The van der Waals surface area contributed by atoms with Crippen LogP contribution in [0.2, 0.25) is 0 Å². The van der Waals surface area contributed by atoms with Crippen molar-refractivity contribution in [1.82, 2.24) is 19.5 Å². The Kier molecular flexibility index (Phi) is 9.44. The van der Waals surface area contributed by atoms with Crippen molar-refractivity contribution in [2.24, 2.45) is 0 Å². The van der Waals surface area contributed by atoms with Crippen LogP contribution in [0.3, 0.4) is 0 Å². The Morgan fingerprint density at radius 3 is 2.57 bits per heavy atom. The zero-order chi connectivity index (χ0) is 26.0. The molecule has 22 heteroatoms. The molecule has 1 aliphatic rings. The molecule has 0 radical (unpaired) electrons. The third-order valence-corrected chi connectivity index (χ3v) is 10.1. The zero-order valence-electron chi connectivity index (χ0n) is 18.0. The minimum Gasteiger partial charge on any atom is -0.382 e. The molecule has 6 atom stereocenters. The van der Waals surface area contributed by atoms with Gasteiger partial charge in [0.2, 0.25) is 0 Å². The van der Waals surface area contributed by atoms with Crippen LogP contribution in [0.15, 0.2) is 12.7 Å². The Bertz CT molecular complexity index is 1180. The monoisotopic (exact) mass is 597 g/mol. The van der Waals surface area contributed by atoms with Gasteiger partial charge in [0.05, 0.1) is 19.0 Å². The summed E-state index contributed by atoms with van der Waals surface area (Å²) in [4.78, 5) is 48.5. The second-order valence-electron chi connectivity index (χ2n) is 6.84. The van der Waals surface area contributed by atoms with Crippen molar-refractivity contribution in [1.29, 1.82) is 0 Å². The lowest BCUT2D eigenvalue weighted by molar-refractivity contribution is -0.0617. The third-order valence-electron chi connectivity index (χ3n) is 4.29. The first-order valence-electron chi connectivity index (χ1n) is 9.41. The van der Waals surface area contributed by atoms with E-state index in [2.05, 4.69) is 23.6 Å². The Hall–Kier alpha value is -0.620. The number of anilines is 1. The highest BCUT2D eigenvalue weighted by atomic mass is 33.1. The molecule has 0 aromatic carbocycles. The van der Waals surface area contributed by atoms with Gasteiger partial charge >= 0.3 is 23.5 Å². The SMILES string of the molecule is CSS[C@H](C)OC1C[C@H](n2cnc3c(N)ncnc32)O[C@@H]1COP(=O)(O)OP(=O)(O)OP(=O)(O)O. The molecule has 17 nitrogen and oxygen atoms in total. The van der Waals surface area contributed by atoms with Gasteiger partial charge in [0.1, 0.15) is 29.6 Å². The van der Waals surface area contributed by atoms with Gasteiger partial charge in [-0.05, 0) is 13.2 Å². The average Bonchev–Trinajstić information content (AvgIpc) is 3.28. The predicted octanol–water partition coefficient (Wildman–Crippen LogP) is 1.78. The second-order valence-corrected chi connectivity index (χ2v) is 14.0. The molecule has 2 aromatic rings. The maximum atomic E-state index is 12.1. The van der Waals surface area contributed by atoms with E-state index in [9.17, 15) is 23.5 Å². The van der Waals surface area contributed by atoms with Crippen molar-refractivity contribution in [2.75, 3.05) is 18.6 Å². The Labute approximate surface area is 205 Å². The number of phosphoric acid groups is 3. The van der Waals surface area contributed by atoms with Gasteiger partial charge in [-0.3, -0.25) is 9.09 Å². The molecule has 1 aliphatic heterocycles. The average molecular weight is 597 g/mol. The van der Waals surface area contributed by atoms with E-state index in [1.807, 2.05) is 6.26 Å². The van der Waals surface area contributed by atoms with E-state index in [0.29, 0.717) is 11.2 Å². The second kappa shape index (κ2) is 11.4. The number of imidazole rings is 1. The Morgan fingerprint density at radius 1 is 1.20 bits per heavy atom. The number of phosphoric ester groups is 1. The quantitative estimate of drug-likeness (QED) is 0.133. The topological polar surface area (TPSA) is 248 Å². The first-order chi connectivity index (χ1) is 16.2. The van der Waals surface area contributed by atoms with E-state index in [1.165, 1.54) is 34.2 Å². The molecule has 1 saturated heterocycles. The summed E-state index contributed by atoms with van der Waals surface area (Å²) >= 11 is 0. The molecular weight excluding hydrogens is 575 g/mol. The lowest BCUT2D eigenvalue weighted by Crippen LogP contribution is -2.30. The number of ether oxygens (including phenoxy) is 2. The van der Waals surface area contributed by atoms with Crippen LogP contribution in [0.1, 0.15) is 19.6 Å². The summed E-state index contributed by atoms with van der Waals surface area (Å²) < 4.78 is 60.1. The highest BCUT2D eigenvalue weighted by molar-refractivity contribution is 8.76. The molecule has 1 fully saturated rings. The minimum atomic E-state index is -5.65. The minimum absolute atomic E-state index is 0.161. The fourth-order valence-electron chi connectivity index (χ4n) is 3.12. The van der Waals surface area contributed by atoms with Crippen molar-refractivity contribution < 1.29 is 55.9 Å². The number of fused-ring (bicyclic) bond motifs is 1. The zero-order valence-corrected chi connectivity index (χ0v) is 22.3. The summed E-state index contributed by atoms with van der Waals surface area (Å²) in [5.41, 5.74) is 6.22. The van der Waals surface area contributed by atoms with Crippen LogP contribution in [0.4, 0.5) is 5.82 Å². The van der Waals surface area contributed by atoms with E-state index in [4.69, 9.17) is 29.5 Å². The number of hydrogen-bond acceptors (Lipinski definition) is 14. The summed E-state index contributed by atoms with van der Waals surface area (Å²) in [5.74, 6) is 0.161. The fraction of sp³-hybridized carbons (Fsp3) is 0.615. The molecule has 0 bridgehead atoms. The lowest BCUT2D eigenvalue weighted by Gasteiger charge is -2.23. The maximum absolute atomic E-state index is 12.1. The highest BCUT2D eigenvalue weighted by Gasteiger charge is 2.44. The first-order valence-corrected chi connectivity index (χ1v) is 16.6. The number of nitrogens with two attached hydrogens (primary N) is 1. The molecular formula is C13H22N5O12P3S2. The molecule has 3 unspecified atom stereocenters. The predicted molar refractivity (Wildman–Crippen MR) is 124 cm³/mol. The number of nitrogens with zero attached hydrogens (tertiary/aromatic N) is 4. The smallest absolute Gasteiger partial charge is 0.382 e. The van der Waals surface area contributed by atoms with Crippen LogP contribution in [0.25, 0.3) is 11.2 Å². The number of hydrogen-bond donors (Lipinski definition) is 5. The number of rotatable bonds is 12. The molecule has 0 aliphatic carbocycles. The summed E-state index contributed by atoms with van der Waals surface area (Å²) in [6.07, 6.45) is 2.40. The fourth-order valence-corrected chi connectivity index (χ4v) is 7.56. The summed E-state index contributed by atoms with van der Waals surface area (Å²) in [6, 6.07) is 0. The van der Waals surface area contributed by atoms with Crippen molar-refractivity contribution >= 4 is 62.0 Å². The van der Waals surface area contributed by atoms with Crippen LogP contribution in [-0.4, -0.2) is 69.6 Å². The van der Waals surface area contributed by atoms with Crippen LogP contribution in [-0.2, 0) is 36.3 Å². The molecule has 2 aromatic heterocycles. The summed E-state index contributed by atoms with van der Waals surface area (Å²) in [5, 5.41) is 0. The van der Waals surface area contributed by atoms with Gasteiger partial charge < -0.3 is 34.8 Å². The van der Waals surface area contributed by atoms with E-state index in [1.54, 1.807) is 11.5 Å². The van der Waals surface area contributed by atoms with Crippen molar-refractivity contribution in [3.8, 4) is 0 Å². The van der Waals surface area contributed by atoms with Crippen LogP contribution >= 0.6 is 45.1 Å². The van der Waals surface area contributed by atoms with Gasteiger partial charge in [-0.2, -0.15) is 8.62 Å². The largest absolute Gasteiger partial charge is 0.490 e. The molecule has 35 heavy (non-hydrogen) atoms. The molecule has 198 valence electrons. The van der Waals surface area contributed by atoms with Gasteiger partial charge in [-0.1, -0.05) is 21.6 Å². The van der Waals surface area contributed by atoms with E-state index in [-0.39, 0.29) is 17.7 Å². The standard InChI is InChI=1S/C13H22N5O12P3S2/c1-7(35-34-2)27-8-3-10(18-6-17-11-12(14)15-5-16-13(11)18)28-9(8)4-26-32(22,23)30-33(24,25)29-31(19,20)21/h5-10H,3-4H2,1-2H3,(H,22,23)(H,24,25)(H2,14,15,16)(H2,19,20,21)/t7-,8?,9-,10-/m1/s1. The molecule has 6 N–H and O–H groups in total. The third kappa shape index (κ3) is 8.18. The maximum Gasteiger partial charge on any atom is 0.490 e. The first kappa shape index (κ1) is 28.9. The van der Waals surface area contributed by atoms with Gasteiger partial charge in [0, 0.05) is 6.42 Å².